The van der Waals surface area contributed by atoms with E-state index in [1.165, 1.54) is 0 Å². The lowest BCUT2D eigenvalue weighted by Gasteiger charge is -2.08. The second-order valence-electron chi connectivity index (χ2n) is 3.16. The molecule has 0 unspecified atom stereocenters. The Bertz CT molecular complexity index is 357. The fourth-order valence-electron chi connectivity index (χ4n) is 1.28. The molecule has 0 amide bonds. The van der Waals surface area contributed by atoms with Crippen LogP contribution in [0.25, 0.3) is 0 Å². The van der Waals surface area contributed by atoms with E-state index in [9.17, 15) is 0 Å². The average molecular weight is 214 g/mol. The molecule has 0 atom stereocenters. The first kappa shape index (κ1) is 12.3. The van der Waals surface area contributed by atoms with Crippen molar-refractivity contribution < 1.29 is 9.47 Å². The standard InChI is InChI=1S/C14H14O2/c1-3-9-15-11-13-7-5-6-8-14(13)12-16-10-4-2/h1-2,5-8H,9-12H2. The molecular formula is C14H14O2. The Morgan fingerprint density at radius 1 is 0.875 bits per heavy atom. The number of benzene rings is 1. The molecule has 0 aliphatic rings. The van der Waals surface area contributed by atoms with Crippen LogP contribution < -0.4 is 0 Å². The van der Waals surface area contributed by atoms with Crippen molar-refractivity contribution >= 4 is 0 Å². The van der Waals surface area contributed by atoms with E-state index in [4.69, 9.17) is 22.3 Å². The Morgan fingerprint density at radius 3 is 1.69 bits per heavy atom. The van der Waals surface area contributed by atoms with Crippen LogP contribution in [0.15, 0.2) is 24.3 Å². The van der Waals surface area contributed by atoms with Crippen molar-refractivity contribution in [3.63, 3.8) is 0 Å². The van der Waals surface area contributed by atoms with Gasteiger partial charge in [-0.2, -0.15) is 0 Å². The van der Waals surface area contributed by atoms with Crippen molar-refractivity contribution in [3.8, 4) is 24.7 Å². The molecule has 2 nitrogen and oxygen atoms in total. The minimum atomic E-state index is 0.319. The Balaban J connectivity index is 2.54. The van der Waals surface area contributed by atoms with Gasteiger partial charge in [-0.25, -0.2) is 0 Å². The molecule has 0 bridgehead atoms. The molecule has 0 N–H and O–H groups in total. The summed E-state index contributed by atoms with van der Waals surface area (Å²) < 4.78 is 10.6. The van der Waals surface area contributed by atoms with Gasteiger partial charge in [0.25, 0.3) is 0 Å². The van der Waals surface area contributed by atoms with Crippen molar-refractivity contribution in [3.05, 3.63) is 35.4 Å². The Labute approximate surface area is 96.6 Å². The minimum Gasteiger partial charge on any atom is -0.364 e. The maximum Gasteiger partial charge on any atom is 0.107 e. The van der Waals surface area contributed by atoms with Gasteiger partial charge in [-0.3, -0.25) is 0 Å². The summed E-state index contributed by atoms with van der Waals surface area (Å²) in [5, 5.41) is 0. The third-order valence-corrected chi connectivity index (χ3v) is 2.00. The van der Waals surface area contributed by atoms with Crippen LogP contribution in [0.3, 0.4) is 0 Å². The van der Waals surface area contributed by atoms with Crippen molar-refractivity contribution in [2.24, 2.45) is 0 Å². The molecule has 0 spiro atoms. The van der Waals surface area contributed by atoms with E-state index in [2.05, 4.69) is 11.8 Å². The second-order valence-corrected chi connectivity index (χ2v) is 3.16. The fraction of sp³-hybridized carbons (Fsp3) is 0.286. The van der Waals surface area contributed by atoms with Gasteiger partial charge in [0.1, 0.15) is 13.2 Å². The Hall–Kier alpha value is -1.74. The summed E-state index contributed by atoms with van der Waals surface area (Å²) in [6.07, 6.45) is 10.2. The zero-order chi connectivity index (χ0) is 11.6. The largest absolute Gasteiger partial charge is 0.364 e. The highest BCUT2D eigenvalue weighted by Crippen LogP contribution is 2.11. The van der Waals surface area contributed by atoms with Crippen molar-refractivity contribution in [2.75, 3.05) is 13.2 Å². The third-order valence-electron chi connectivity index (χ3n) is 2.00. The van der Waals surface area contributed by atoms with E-state index < -0.39 is 0 Å². The van der Waals surface area contributed by atoms with Gasteiger partial charge >= 0.3 is 0 Å². The normalized spacial score (nSPS) is 9.38. The Kier molecular flexibility index (Phi) is 5.81. The molecule has 1 aromatic carbocycles. The Morgan fingerprint density at radius 2 is 1.31 bits per heavy atom. The van der Waals surface area contributed by atoms with Crippen LogP contribution in [0.1, 0.15) is 11.1 Å². The van der Waals surface area contributed by atoms with Crippen molar-refractivity contribution in [1.82, 2.24) is 0 Å². The monoisotopic (exact) mass is 214 g/mol. The first-order valence-corrected chi connectivity index (χ1v) is 4.97. The smallest absolute Gasteiger partial charge is 0.107 e. The average Bonchev–Trinajstić information content (AvgIpc) is 2.32. The SMILES string of the molecule is C#CCOCc1ccccc1COCC#C. The fourth-order valence-corrected chi connectivity index (χ4v) is 1.28. The van der Waals surface area contributed by atoms with Crippen molar-refractivity contribution in [2.45, 2.75) is 13.2 Å². The molecule has 0 aromatic heterocycles. The van der Waals surface area contributed by atoms with Crippen LogP contribution in [0.2, 0.25) is 0 Å². The van der Waals surface area contributed by atoms with Crippen LogP contribution >= 0.6 is 0 Å². The van der Waals surface area contributed by atoms with E-state index in [0.717, 1.165) is 11.1 Å². The van der Waals surface area contributed by atoms with Gasteiger partial charge in [-0.1, -0.05) is 36.1 Å². The van der Waals surface area contributed by atoms with Crippen LogP contribution in [0.4, 0.5) is 0 Å². The zero-order valence-corrected chi connectivity index (χ0v) is 9.11. The summed E-state index contributed by atoms with van der Waals surface area (Å²) in [4.78, 5) is 0. The molecular weight excluding hydrogens is 200 g/mol. The highest BCUT2D eigenvalue weighted by Gasteiger charge is 2.01. The van der Waals surface area contributed by atoms with Gasteiger partial charge < -0.3 is 9.47 Å². The number of rotatable bonds is 6. The van der Waals surface area contributed by atoms with Crippen LogP contribution in [-0.2, 0) is 22.7 Å². The van der Waals surface area contributed by atoms with Gasteiger partial charge in [0.05, 0.1) is 13.2 Å². The lowest BCUT2D eigenvalue weighted by Crippen LogP contribution is -2.00. The lowest BCUT2D eigenvalue weighted by atomic mass is 10.1. The highest BCUT2D eigenvalue weighted by molar-refractivity contribution is 5.25. The molecule has 0 saturated carbocycles. The minimum absolute atomic E-state index is 0.319. The maximum absolute atomic E-state index is 5.28. The molecule has 0 heterocycles. The quantitative estimate of drug-likeness (QED) is 0.532. The molecule has 0 aliphatic heterocycles. The number of terminal acetylenes is 2. The molecule has 0 fully saturated rings. The summed E-state index contributed by atoms with van der Waals surface area (Å²) in [6.45, 7) is 1.64. The maximum atomic E-state index is 5.28. The topological polar surface area (TPSA) is 18.5 Å². The number of hydrogen-bond donors (Lipinski definition) is 0. The van der Waals surface area contributed by atoms with E-state index >= 15 is 0 Å². The zero-order valence-electron chi connectivity index (χ0n) is 9.11. The predicted molar refractivity (Wildman–Crippen MR) is 63.4 cm³/mol. The lowest BCUT2D eigenvalue weighted by molar-refractivity contribution is 0.138. The summed E-state index contributed by atoms with van der Waals surface area (Å²) in [6, 6.07) is 7.90. The summed E-state index contributed by atoms with van der Waals surface area (Å²) in [5.74, 6) is 4.86. The molecule has 16 heavy (non-hydrogen) atoms. The van der Waals surface area contributed by atoms with Crippen molar-refractivity contribution in [1.29, 1.82) is 0 Å². The van der Waals surface area contributed by atoms with E-state index in [-0.39, 0.29) is 0 Å². The molecule has 1 rings (SSSR count). The summed E-state index contributed by atoms with van der Waals surface area (Å²) in [5.41, 5.74) is 2.16. The molecule has 0 aliphatic carbocycles. The van der Waals surface area contributed by atoms with E-state index in [1.54, 1.807) is 0 Å². The van der Waals surface area contributed by atoms with Crippen LogP contribution in [0, 0.1) is 24.7 Å². The first-order valence-electron chi connectivity index (χ1n) is 4.97. The summed E-state index contributed by atoms with van der Waals surface area (Å²) in [7, 11) is 0. The van der Waals surface area contributed by atoms with E-state index in [1.807, 2.05) is 24.3 Å². The number of hydrogen-bond acceptors (Lipinski definition) is 2. The molecule has 2 heteroatoms. The van der Waals surface area contributed by atoms with Gasteiger partial charge in [0.2, 0.25) is 0 Å². The highest BCUT2D eigenvalue weighted by atomic mass is 16.5. The van der Waals surface area contributed by atoms with Crippen LogP contribution in [0.5, 0.6) is 0 Å². The second kappa shape index (κ2) is 7.54. The summed E-state index contributed by atoms with van der Waals surface area (Å²) >= 11 is 0. The van der Waals surface area contributed by atoms with Gasteiger partial charge in [-0.05, 0) is 11.1 Å². The molecule has 82 valence electrons. The van der Waals surface area contributed by atoms with Gasteiger partial charge in [-0.15, -0.1) is 12.8 Å². The van der Waals surface area contributed by atoms with Gasteiger partial charge in [0, 0.05) is 0 Å². The molecule has 1 aromatic rings. The first-order chi connectivity index (χ1) is 7.88. The van der Waals surface area contributed by atoms with E-state index in [0.29, 0.717) is 26.4 Å². The predicted octanol–water partition coefficient (Wildman–Crippen LogP) is 1.99. The molecule has 0 saturated heterocycles. The molecule has 0 radical (unpaired) electrons. The van der Waals surface area contributed by atoms with Gasteiger partial charge in [0.15, 0.2) is 0 Å². The van der Waals surface area contributed by atoms with Crippen LogP contribution in [-0.4, -0.2) is 13.2 Å². The third kappa shape index (κ3) is 4.19. The number of ether oxygens (including phenoxy) is 2.